The van der Waals surface area contributed by atoms with E-state index in [1.54, 1.807) is 29.1 Å². The largest absolute Gasteiger partial charge is 0.383 e. The van der Waals surface area contributed by atoms with Crippen LogP contribution in [0.3, 0.4) is 0 Å². The zero-order valence-corrected chi connectivity index (χ0v) is 20.6. The van der Waals surface area contributed by atoms with E-state index in [0.29, 0.717) is 12.5 Å². The predicted molar refractivity (Wildman–Crippen MR) is 133 cm³/mol. The molecule has 162 valence electrons. The lowest BCUT2D eigenvalue weighted by Gasteiger charge is -2.20. The fourth-order valence-corrected chi connectivity index (χ4v) is 3.67. The van der Waals surface area contributed by atoms with Crippen LogP contribution in [0.5, 0.6) is 0 Å². The normalized spacial score (nSPS) is 13.4. The maximum absolute atomic E-state index is 10.7. The van der Waals surface area contributed by atoms with Gasteiger partial charge in [-0.2, -0.15) is 5.10 Å². The van der Waals surface area contributed by atoms with E-state index in [0.717, 1.165) is 34.8 Å². The molecule has 9 heteroatoms. The zero-order chi connectivity index (χ0) is 20.7. The summed E-state index contributed by atoms with van der Waals surface area (Å²) in [5.74, 6) is 0.676. The highest BCUT2D eigenvalue weighted by molar-refractivity contribution is 14.0. The van der Waals surface area contributed by atoms with Crippen LogP contribution in [0.1, 0.15) is 25.1 Å². The molecule has 1 unspecified atom stereocenters. The van der Waals surface area contributed by atoms with E-state index in [2.05, 4.69) is 38.2 Å². The first kappa shape index (κ1) is 24.3. The standard InChI is InChI=1S/C21H28N6OS.HI/c1-4-22-20(24-15-21(2,28)17-12-25-27(3)13-17)23-11-10-18-14-29-19(26-18)16-8-6-5-7-9-16;/h5-9,12-14,28H,4,10-11,15H2,1-3H3,(H2,22,23,24);1H. The smallest absolute Gasteiger partial charge is 0.191 e. The van der Waals surface area contributed by atoms with E-state index in [1.807, 2.05) is 38.4 Å². The van der Waals surface area contributed by atoms with Crippen molar-refractivity contribution in [3.63, 3.8) is 0 Å². The predicted octanol–water partition coefficient (Wildman–Crippen LogP) is 3.17. The number of hydrogen-bond donors (Lipinski definition) is 3. The lowest BCUT2D eigenvalue weighted by Crippen LogP contribution is -2.39. The van der Waals surface area contributed by atoms with E-state index in [-0.39, 0.29) is 30.5 Å². The highest BCUT2D eigenvalue weighted by atomic mass is 127. The Labute approximate surface area is 198 Å². The molecule has 1 aromatic carbocycles. The van der Waals surface area contributed by atoms with Crippen molar-refractivity contribution in [1.82, 2.24) is 25.4 Å². The number of guanidine groups is 1. The zero-order valence-electron chi connectivity index (χ0n) is 17.5. The van der Waals surface area contributed by atoms with Gasteiger partial charge >= 0.3 is 0 Å². The summed E-state index contributed by atoms with van der Waals surface area (Å²) in [6.45, 7) is 5.46. The van der Waals surface area contributed by atoms with Gasteiger partial charge in [0.25, 0.3) is 0 Å². The lowest BCUT2D eigenvalue weighted by molar-refractivity contribution is 0.0672. The van der Waals surface area contributed by atoms with Crippen LogP contribution in [0.15, 0.2) is 53.1 Å². The molecule has 0 saturated carbocycles. The van der Waals surface area contributed by atoms with Crippen molar-refractivity contribution >= 4 is 41.3 Å². The minimum absolute atomic E-state index is 0. The highest BCUT2D eigenvalue weighted by Gasteiger charge is 2.24. The van der Waals surface area contributed by atoms with Crippen LogP contribution in [0, 0.1) is 0 Å². The molecule has 2 aromatic heterocycles. The van der Waals surface area contributed by atoms with Crippen LogP contribution < -0.4 is 10.6 Å². The van der Waals surface area contributed by atoms with E-state index >= 15 is 0 Å². The molecule has 0 aliphatic carbocycles. The molecule has 0 bridgehead atoms. The van der Waals surface area contributed by atoms with Gasteiger partial charge in [0.15, 0.2) is 5.96 Å². The number of nitrogens with one attached hydrogen (secondary N) is 2. The third-order valence-corrected chi connectivity index (χ3v) is 5.40. The summed E-state index contributed by atoms with van der Waals surface area (Å²) in [7, 11) is 1.83. The lowest BCUT2D eigenvalue weighted by atomic mass is 10.0. The SMILES string of the molecule is CCNC(=NCC(C)(O)c1cnn(C)c1)NCCc1csc(-c2ccccc2)n1.I. The molecule has 0 saturated heterocycles. The molecule has 0 fully saturated rings. The second kappa shape index (κ2) is 11.4. The average molecular weight is 540 g/mol. The third kappa shape index (κ3) is 6.78. The van der Waals surface area contributed by atoms with Gasteiger partial charge in [-0.3, -0.25) is 4.68 Å². The molecule has 0 spiro atoms. The van der Waals surface area contributed by atoms with Crippen LogP contribution in [0.2, 0.25) is 0 Å². The van der Waals surface area contributed by atoms with Crippen LogP contribution in [0.4, 0.5) is 0 Å². The average Bonchev–Trinajstić information content (AvgIpc) is 3.36. The van der Waals surface area contributed by atoms with E-state index in [9.17, 15) is 5.11 Å². The number of halogens is 1. The van der Waals surface area contributed by atoms with Crippen LogP contribution in [0.25, 0.3) is 10.6 Å². The first-order valence-electron chi connectivity index (χ1n) is 9.71. The van der Waals surface area contributed by atoms with Crippen molar-refractivity contribution in [1.29, 1.82) is 0 Å². The van der Waals surface area contributed by atoms with Crippen molar-refractivity contribution in [2.45, 2.75) is 25.9 Å². The van der Waals surface area contributed by atoms with E-state index in [4.69, 9.17) is 4.98 Å². The molecule has 3 aromatic rings. The molecule has 0 aliphatic heterocycles. The number of aliphatic imine (C=N–C) groups is 1. The van der Waals surface area contributed by atoms with Gasteiger partial charge in [-0.1, -0.05) is 30.3 Å². The number of aliphatic hydroxyl groups is 1. The fourth-order valence-electron chi connectivity index (χ4n) is 2.81. The first-order valence-corrected chi connectivity index (χ1v) is 10.6. The van der Waals surface area contributed by atoms with Gasteiger partial charge in [-0.25, -0.2) is 9.98 Å². The summed E-state index contributed by atoms with van der Waals surface area (Å²) in [4.78, 5) is 9.26. The number of rotatable bonds is 8. The summed E-state index contributed by atoms with van der Waals surface area (Å²) >= 11 is 1.66. The topological polar surface area (TPSA) is 87.4 Å². The molecular weight excluding hydrogens is 511 g/mol. The Hall–Kier alpha value is -1.98. The van der Waals surface area contributed by atoms with Gasteiger partial charge in [0.1, 0.15) is 10.6 Å². The van der Waals surface area contributed by atoms with E-state index in [1.165, 1.54) is 0 Å². The minimum atomic E-state index is -1.07. The monoisotopic (exact) mass is 540 g/mol. The van der Waals surface area contributed by atoms with Gasteiger partial charge < -0.3 is 15.7 Å². The van der Waals surface area contributed by atoms with Gasteiger partial charge in [-0.05, 0) is 13.8 Å². The second-order valence-electron chi connectivity index (χ2n) is 7.06. The Morgan fingerprint density at radius 1 is 1.27 bits per heavy atom. The summed E-state index contributed by atoms with van der Waals surface area (Å²) in [6.07, 6.45) is 4.28. The van der Waals surface area contributed by atoms with Crippen molar-refractivity contribution in [3.05, 3.63) is 59.4 Å². The Bertz CT molecular complexity index is 938. The number of aryl methyl sites for hydroxylation is 1. The Balaban J connectivity index is 0.00000320. The van der Waals surface area contributed by atoms with Crippen LogP contribution >= 0.6 is 35.3 Å². The van der Waals surface area contributed by atoms with Crippen molar-refractivity contribution in [2.24, 2.45) is 12.0 Å². The summed E-state index contributed by atoms with van der Waals surface area (Å²) in [5, 5.41) is 24.5. The number of aromatic nitrogens is 3. The van der Waals surface area contributed by atoms with Gasteiger partial charge in [-0.15, -0.1) is 35.3 Å². The fraction of sp³-hybridized carbons (Fsp3) is 0.381. The van der Waals surface area contributed by atoms with Gasteiger partial charge in [0.2, 0.25) is 0 Å². The maximum Gasteiger partial charge on any atom is 0.191 e. The summed E-state index contributed by atoms with van der Waals surface area (Å²) in [6, 6.07) is 10.2. The quantitative estimate of drug-likeness (QED) is 0.232. The van der Waals surface area contributed by atoms with Crippen molar-refractivity contribution < 1.29 is 5.11 Å². The highest BCUT2D eigenvalue weighted by Crippen LogP contribution is 2.23. The Morgan fingerprint density at radius 2 is 2.03 bits per heavy atom. The molecule has 3 N–H and O–H groups in total. The van der Waals surface area contributed by atoms with Crippen molar-refractivity contribution in [2.75, 3.05) is 19.6 Å². The second-order valence-corrected chi connectivity index (χ2v) is 7.92. The molecule has 0 amide bonds. The third-order valence-electron chi connectivity index (χ3n) is 4.46. The number of benzene rings is 1. The number of nitrogens with zero attached hydrogens (tertiary/aromatic N) is 4. The molecule has 3 rings (SSSR count). The van der Waals surface area contributed by atoms with Crippen LogP contribution in [-0.2, 0) is 19.1 Å². The molecular formula is C21H29IN6OS. The summed E-state index contributed by atoms with van der Waals surface area (Å²) < 4.78 is 1.68. The molecule has 0 aliphatic rings. The molecule has 7 nitrogen and oxygen atoms in total. The maximum atomic E-state index is 10.7. The molecule has 0 radical (unpaired) electrons. The van der Waals surface area contributed by atoms with Gasteiger partial charge in [0.05, 0.1) is 18.4 Å². The van der Waals surface area contributed by atoms with E-state index < -0.39 is 5.60 Å². The van der Waals surface area contributed by atoms with Crippen molar-refractivity contribution in [3.8, 4) is 10.6 Å². The Morgan fingerprint density at radius 3 is 2.70 bits per heavy atom. The number of hydrogen-bond acceptors (Lipinski definition) is 5. The number of thiazole rings is 1. The first-order chi connectivity index (χ1) is 14.0. The molecule has 1 atom stereocenters. The molecule has 30 heavy (non-hydrogen) atoms. The summed E-state index contributed by atoms with van der Waals surface area (Å²) in [5.41, 5.74) is 1.87. The molecule has 2 heterocycles. The van der Waals surface area contributed by atoms with Crippen LogP contribution in [-0.4, -0.2) is 45.5 Å². The minimum Gasteiger partial charge on any atom is -0.383 e. The Kier molecular flexibility index (Phi) is 9.25. The van der Waals surface area contributed by atoms with Gasteiger partial charge in [0, 0.05) is 49.3 Å².